The average molecular weight is 495 g/mol. The van der Waals surface area contributed by atoms with E-state index >= 15 is 0 Å². The van der Waals surface area contributed by atoms with Gasteiger partial charge in [0.05, 0.1) is 35.2 Å². The van der Waals surface area contributed by atoms with Crippen LogP contribution in [0.25, 0.3) is 0 Å². The molecule has 3 amide bonds. The number of amides is 3. The van der Waals surface area contributed by atoms with Crippen molar-refractivity contribution in [3.05, 3.63) is 91.1 Å². The Hall–Kier alpha value is -4.07. The highest BCUT2D eigenvalue weighted by atomic mass is 35.5. The van der Waals surface area contributed by atoms with Gasteiger partial charge in [-0.3, -0.25) is 24.5 Å². The average Bonchev–Trinajstić information content (AvgIpc) is 3.44. The van der Waals surface area contributed by atoms with Crippen molar-refractivity contribution in [2.75, 3.05) is 4.90 Å². The lowest BCUT2D eigenvalue weighted by molar-refractivity contribution is -0.384. The number of rotatable bonds is 6. The van der Waals surface area contributed by atoms with Crippen LogP contribution in [-0.4, -0.2) is 33.6 Å². The van der Waals surface area contributed by atoms with Gasteiger partial charge in [-0.25, -0.2) is 4.90 Å². The number of nitrogens with zero attached hydrogens (tertiary/aromatic N) is 4. The first kappa shape index (κ1) is 23.1. The first-order valence-corrected chi connectivity index (χ1v) is 11.2. The molecule has 0 bridgehead atoms. The van der Waals surface area contributed by atoms with Crippen LogP contribution in [0.15, 0.2) is 60.0 Å². The van der Waals surface area contributed by atoms with Gasteiger partial charge < -0.3 is 4.90 Å². The maximum absolute atomic E-state index is 13.5. The van der Waals surface area contributed by atoms with Crippen LogP contribution in [0.1, 0.15) is 27.2 Å². The van der Waals surface area contributed by atoms with E-state index in [1.54, 1.807) is 12.1 Å². The van der Waals surface area contributed by atoms with Gasteiger partial charge in [0.2, 0.25) is 5.91 Å². The molecule has 0 N–H and O–H groups in total. The number of halogens is 1. The van der Waals surface area contributed by atoms with Crippen LogP contribution < -0.4 is 4.90 Å². The predicted molar refractivity (Wildman–Crippen MR) is 124 cm³/mol. The van der Waals surface area contributed by atoms with Gasteiger partial charge in [0.25, 0.3) is 17.5 Å². The highest BCUT2D eigenvalue weighted by molar-refractivity contribution is 7.09. The maximum Gasteiger partial charge on any atom is 0.288 e. The Morgan fingerprint density at radius 3 is 2.59 bits per heavy atom. The highest BCUT2D eigenvalue weighted by Gasteiger charge is 2.44. The summed E-state index contributed by atoms with van der Waals surface area (Å²) < 4.78 is 0. The Balaban J connectivity index is 1.70. The summed E-state index contributed by atoms with van der Waals surface area (Å²) >= 11 is 7.25. The number of carbonyl (C=O) groups is 3. The minimum absolute atomic E-state index is 0.0234. The molecule has 1 unspecified atom stereocenters. The van der Waals surface area contributed by atoms with Crippen LogP contribution in [0.2, 0.25) is 5.02 Å². The number of thiophene rings is 1. The molecule has 2 aromatic carbocycles. The normalized spacial score (nSPS) is 15.3. The summed E-state index contributed by atoms with van der Waals surface area (Å²) in [6, 6.07) is 14.1. The molecule has 1 fully saturated rings. The van der Waals surface area contributed by atoms with Gasteiger partial charge in [-0.15, -0.1) is 11.3 Å². The molecule has 11 heteroatoms. The third-order valence-corrected chi connectivity index (χ3v) is 6.49. The lowest BCUT2D eigenvalue weighted by Crippen LogP contribution is -2.45. The van der Waals surface area contributed by atoms with E-state index in [1.807, 2.05) is 11.4 Å². The molecule has 170 valence electrons. The summed E-state index contributed by atoms with van der Waals surface area (Å²) in [7, 11) is 0. The molecule has 1 aliphatic heterocycles. The van der Waals surface area contributed by atoms with E-state index in [0.29, 0.717) is 11.3 Å². The van der Waals surface area contributed by atoms with E-state index in [1.165, 1.54) is 52.6 Å². The van der Waals surface area contributed by atoms with Crippen molar-refractivity contribution >= 4 is 52.0 Å². The molecule has 1 atom stereocenters. The molecule has 0 saturated carbocycles. The molecule has 34 heavy (non-hydrogen) atoms. The van der Waals surface area contributed by atoms with E-state index in [4.69, 9.17) is 16.9 Å². The fourth-order valence-corrected chi connectivity index (χ4v) is 4.55. The summed E-state index contributed by atoms with van der Waals surface area (Å²) in [5.74, 6) is -1.73. The molecular weight excluding hydrogens is 480 g/mol. The van der Waals surface area contributed by atoms with Crippen molar-refractivity contribution in [3.8, 4) is 6.07 Å². The Morgan fingerprint density at radius 2 is 1.97 bits per heavy atom. The minimum Gasteiger partial charge on any atom is -0.321 e. The summed E-state index contributed by atoms with van der Waals surface area (Å²) in [6.45, 7) is 0.0395. The van der Waals surface area contributed by atoms with E-state index < -0.39 is 34.4 Å². The zero-order chi connectivity index (χ0) is 24.4. The SMILES string of the molecule is N#Cc1ccc(N2C(=O)CC(N(Cc3cccs3)C(=O)c3ccc(Cl)c([N+](=O)[O-])c3)C2=O)cc1. The maximum atomic E-state index is 13.5. The predicted octanol–water partition coefficient (Wildman–Crippen LogP) is 4.16. The number of anilines is 1. The van der Waals surface area contributed by atoms with Gasteiger partial charge in [0.1, 0.15) is 11.1 Å². The monoisotopic (exact) mass is 494 g/mol. The molecule has 4 rings (SSSR count). The largest absolute Gasteiger partial charge is 0.321 e. The van der Waals surface area contributed by atoms with Gasteiger partial charge >= 0.3 is 0 Å². The zero-order valence-corrected chi connectivity index (χ0v) is 19.0. The van der Waals surface area contributed by atoms with E-state index in [2.05, 4.69) is 0 Å². The number of imide groups is 1. The van der Waals surface area contributed by atoms with Crippen molar-refractivity contribution in [1.29, 1.82) is 5.26 Å². The second-order valence-corrected chi connectivity index (χ2v) is 8.82. The Bertz CT molecular complexity index is 1330. The summed E-state index contributed by atoms with van der Waals surface area (Å²) in [6.07, 6.45) is -0.244. The standard InChI is InChI=1S/C23H15ClN4O5S/c24-18-8-5-15(10-19(18)28(32)33)22(30)26(13-17-2-1-9-34-17)20-11-21(29)27(23(20)31)16-6-3-14(12-25)4-7-16/h1-10,20H,11,13H2. The smallest absolute Gasteiger partial charge is 0.288 e. The molecule has 1 saturated heterocycles. The van der Waals surface area contributed by atoms with Gasteiger partial charge in [0.15, 0.2) is 0 Å². The van der Waals surface area contributed by atoms with Crippen LogP contribution >= 0.6 is 22.9 Å². The van der Waals surface area contributed by atoms with Crippen molar-refractivity contribution in [3.63, 3.8) is 0 Å². The Morgan fingerprint density at radius 1 is 1.24 bits per heavy atom. The number of nitro benzene ring substituents is 1. The summed E-state index contributed by atoms with van der Waals surface area (Å²) in [5, 5.41) is 22.0. The van der Waals surface area contributed by atoms with Crippen molar-refractivity contribution in [2.45, 2.75) is 19.0 Å². The Labute approximate surface area is 202 Å². The third kappa shape index (κ3) is 4.39. The molecular formula is C23H15ClN4O5S. The quantitative estimate of drug-likeness (QED) is 0.288. The first-order valence-electron chi connectivity index (χ1n) is 9.94. The second kappa shape index (κ2) is 9.43. The van der Waals surface area contributed by atoms with Gasteiger partial charge in [0, 0.05) is 16.5 Å². The van der Waals surface area contributed by atoms with Crippen LogP contribution in [0.5, 0.6) is 0 Å². The molecule has 1 aliphatic rings. The van der Waals surface area contributed by atoms with Crippen molar-refractivity contribution in [2.24, 2.45) is 0 Å². The zero-order valence-electron chi connectivity index (χ0n) is 17.4. The third-order valence-electron chi connectivity index (χ3n) is 5.31. The van der Waals surface area contributed by atoms with Crippen molar-refractivity contribution < 1.29 is 19.3 Å². The van der Waals surface area contributed by atoms with E-state index in [0.717, 1.165) is 15.8 Å². The first-order chi connectivity index (χ1) is 16.3. The van der Waals surface area contributed by atoms with E-state index in [-0.39, 0.29) is 23.6 Å². The minimum atomic E-state index is -1.10. The number of hydrogen-bond donors (Lipinski definition) is 0. The van der Waals surface area contributed by atoms with Crippen LogP contribution in [0.4, 0.5) is 11.4 Å². The number of nitro groups is 1. The van der Waals surface area contributed by atoms with Gasteiger partial charge in [-0.05, 0) is 47.8 Å². The molecule has 0 spiro atoms. The molecule has 0 aliphatic carbocycles. The van der Waals surface area contributed by atoms with Crippen LogP contribution in [0.3, 0.4) is 0 Å². The summed E-state index contributed by atoms with van der Waals surface area (Å²) in [5.41, 5.74) is 0.210. The lowest BCUT2D eigenvalue weighted by atomic mass is 10.1. The number of nitriles is 1. The number of benzene rings is 2. The molecule has 2 heterocycles. The highest BCUT2D eigenvalue weighted by Crippen LogP contribution is 2.30. The number of carbonyl (C=O) groups excluding carboxylic acids is 3. The fraction of sp³-hybridized carbons (Fsp3) is 0.130. The molecule has 0 radical (unpaired) electrons. The fourth-order valence-electron chi connectivity index (χ4n) is 3.66. The Kier molecular flexibility index (Phi) is 6.40. The van der Waals surface area contributed by atoms with Crippen LogP contribution in [0, 0.1) is 21.4 Å². The van der Waals surface area contributed by atoms with E-state index in [9.17, 15) is 24.5 Å². The lowest BCUT2D eigenvalue weighted by Gasteiger charge is -2.27. The number of hydrogen-bond acceptors (Lipinski definition) is 7. The summed E-state index contributed by atoms with van der Waals surface area (Å²) in [4.78, 5) is 53.2. The molecule has 9 nitrogen and oxygen atoms in total. The molecule has 3 aromatic rings. The van der Waals surface area contributed by atoms with Crippen LogP contribution in [-0.2, 0) is 16.1 Å². The molecule has 1 aromatic heterocycles. The van der Waals surface area contributed by atoms with Gasteiger partial charge in [-0.1, -0.05) is 17.7 Å². The second-order valence-electron chi connectivity index (χ2n) is 7.38. The van der Waals surface area contributed by atoms with Gasteiger partial charge in [-0.2, -0.15) is 5.26 Å². The van der Waals surface area contributed by atoms with Crippen molar-refractivity contribution in [1.82, 2.24) is 4.90 Å². The topological polar surface area (TPSA) is 125 Å².